The van der Waals surface area contributed by atoms with Gasteiger partial charge in [0.1, 0.15) is 0 Å². The van der Waals surface area contributed by atoms with Crippen molar-refractivity contribution in [2.75, 3.05) is 0 Å². The Hall–Kier alpha value is -0.340. The molecule has 1 unspecified atom stereocenters. The van der Waals surface area contributed by atoms with E-state index in [0.29, 0.717) is 6.42 Å². The van der Waals surface area contributed by atoms with Crippen LogP contribution in [0.15, 0.2) is 22.7 Å². The fraction of sp³-hybridized carbons (Fsp3) is 0.533. The molecule has 100 valence electrons. The number of carbonyl (C=O) groups is 1. The number of benzene rings is 1. The molecule has 0 amide bonds. The molecular weight excluding hydrogens is 312 g/mol. The number of halogens is 2. The fourth-order valence-electron chi connectivity index (χ4n) is 1.83. The van der Waals surface area contributed by atoms with Crippen LogP contribution >= 0.6 is 27.5 Å². The summed E-state index contributed by atoms with van der Waals surface area (Å²) in [6.45, 7) is 8.55. The quantitative estimate of drug-likeness (QED) is 0.703. The first kappa shape index (κ1) is 15.7. The molecule has 0 radical (unpaired) electrons. The lowest BCUT2D eigenvalue weighted by Gasteiger charge is -2.20. The molecule has 0 spiro atoms. The zero-order valence-electron chi connectivity index (χ0n) is 11.4. The van der Waals surface area contributed by atoms with E-state index in [1.54, 1.807) is 0 Å². The highest BCUT2D eigenvalue weighted by Gasteiger charge is 2.18. The highest BCUT2D eigenvalue weighted by Crippen LogP contribution is 2.29. The van der Waals surface area contributed by atoms with E-state index in [1.165, 1.54) is 5.56 Å². The summed E-state index contributed by atoms with van der Waals surface area (Å²) in [5.41, 5.74) is 2.56. The van der Waals surface area contributed by atoms with Gasteiger partial charge in [0, 0.05) is 10.4 Å². The molecule has 0 saturated heterocycles. The molecule has 1 atom stereocenters. The largest absolute Gasteiger partial charge is 0.281 e. The van der Waals surface area contributed by atoms with Gasteiger partial charge in [-0.05, 0) is 47.1 Å². The maximum Gasteiger partial charge on any atom is 0.225 e. The minimum Gasteiger partial charge on any atom is -0.281 e. The topological polar surface area (TPSA) is 17.1 Å². The Balaban J connectivity index is 2.96. The Kier molecular flexibility index (Phi) is 5.42. The number of carbonyl (C=O) groups excluding carboxylic acids is 1. The van der Waals surface area contributed by atoms with Gasteiger partial charge >= 0.3 is 0 Å². The smallest absolute Gasteiger partial charge is 0.225 e. The second-order valence-electron chi connectivity index (χ2n) is 5.67. The van der Waals surface area contributed by atoms with Gasteiger partial charge in [0.05, 0.1) is 0 Å². The predicted molar refractivity (Wildman–Crippen MR) is 81.2 cm³/mol. The molecule has 0 aliphatic carbocycles. The first-order chi connectivity index (χ1) is 8.25. The lowest BCUT2D eigenvalue weighted by molar-refractivity contribution is -0.115. The van der Waals surface area contributed by atoms with Gasteiger partial charge in [0.15, 0.2) is 0 Å². The normalized spacial score (nSPS) is 13.4. The molecule has 0 heterocycles. The van der Waals surface area contributed by atoms with Crippen molar-refractivity contribution in [2.45, 2.75) is 46.0 Å². The zero-order chi connectivity index (χ0) is 13.9. The van der Waals surface area contributed by atoms with Crippen molar-refractivity contribution < 1.29 is 4.79 Å². The highest BCUT2D eigenvalue weighted by molar-refractivity contribution is 9.10. The Morgan fingerprint density at radius 1 is 1.39 bits per heavy atom. The molecule has 1 nitrogen and oxygen atoms in total. The third kappa shape index (κ3) is 4.10. The third-order valence-electron chi connectivity index (χ3n) is 3.20. The summed E-state index contributed by atoms with van der Waals surface area (Å²) in [6, 6.07) is 6.36. The van der Waals surface area contributed by atoms with Gasteiger partial charge in [-0.15, -0.1) is 0 Å². The van der Waals surface area contributed by atoms with E-state index in [4.69, 9.17) is 11.6 Å². The molecule has 0 N–H and O–H groups in total. The lowest BCUT2D eigenvalue weighted by atomic mass is 9.86. The zero-order valence-corrected chi connectivity index (χ0v) is 13.7. The van der Waals surface area contributed by atoms with Crippen LogP contribution in [0.3, 0.4) is 0 Å². The van der Waals surface area contributed by atoms with Crippen LogP contribution in [0.2, 0.25) is 0 Å². The van der Waals surface area contributed by atoms with Gasteiger partial charge in [-0.1, -0.05) is 55.8 Å². The van der Waals surface area contributed by atoms with Crippen molar-refractivity contribution in [3.8, 4) is 0 Å². The number of hydrogen-bond acceptors (Lipinski definition) is 1. The Labute approximate surface area is 123 Å². The van der Waals surface area contributed by atoms with Crippen LogP contribution in [0, 0.1) is 5.92 Å². The Morgan fingerprint density at radius 2 is 2.00 bits per heavy atom. The summed E-state index contributed by atoms with van der Waals surface area (Å²) >= 11 is 9.19. The average molecular weight is 332 g/mol. The van der Waals surface area contributed by atoms with Crippen LogP contribution in [-0.4, -0.2) is 5.24 Å². The highest BCUT2D eigenvalue weighted by atomic mass is 79.9. The summed E-state index contributed by atoms with van der Waals surface area (Å²) in [6.07, 6.45) is 1.47. The molecule has 1 aromatic rings. The van der Waals surface area contributed by atoms with Gasteiger partial charge in [0.2, 0.25) is 5.24 Å². The summed E-state index contributed by atoms with van der Waals surface area (Å²) in [5.74, 6) is -0.0940. The second kappa shape index (κ2) is 6.21. The van der Waals surface area contributed by atoms with Crippen LogP contribution in [-0.2, 0) is 16.6 Å². The SMILES string of the molecule is CCC(Cc1ccc(C(C)(C)C)cc1Br)C(=O)Cl. The first-order valence-corrected chi connectivity index (χ1v) is 7.41. The number of rotatable bonds is 4. The van der Waals surface area contributed by atoms with Gasteiger partial charge in [-0.2, -0.15) is 0 Å². The van der Waals surface area contributed by atoms with E-state index in [-0.39, 0.29) is 16.6 Å². The van der Waals surface area contributed by atoms with E-state index in [1.807, 2.05) is 6.92 Å². The molecule has 18 heavy (non-hydrogen) atoms. The van der Waals surface area contributed by atoms with E-state index >= 15 is 0 Å². The summed E-state index contributed by atoms with van der Waals surface area (Å²) in [7, 11) is 0. The van der Waals surface area contributed by atoms with Crippen molar-refractivity contribution in [3.63, 3.8) is 0 Å². The minimum absolute atomic E-state index is 0.0940. The van der Waals surface area contributed by atoms with Crippen molar-refractivity contribution >= 4 is 32.8 Å². The molecule has 0 aliphatic heterocycles. The molecule has 3 heteroatoms. The third-order valence-corrected chi connectivity index (χ3v) is 4.25. The molecule has 0 aliphatic rings. The van der Waals surface area contributed by atoms with Crippen molar-refractivity contribution in [1.29, 1.82) is 0 Å². The maximum atomic E-state index is 11.3. The van der Waals surface area contributed by atoms with Gasteiger partial charge in [-0.25, -0.2) is 0 Å². The molecule has 0 fully saturated rings. The van der Waals surface area contributed by atoms with Crippen LogP contribution in [0.4, 0.5) is 0 Å². The van der Waals surface area contributed by atoms with Gasteiger partial charge in [-0.3, -0.25) is 4.79 Å². The first-order valence-electron chi connectivity index (χ1n) is 6.24. The molecule has 0 bridgehead atoms. The number of hydrogen-bond donors (Lipinski definition) is 0. The monoisotopic (exact) mass is 330 g/mol. The van der Waals surface area contributed by atoms with E-state index in [2.05, 4.69) is 54.9 Å². The van der Waals surface area contributed by atoms with Crippen molar-refractivity contribution in [3.05, 3.63) is 33.8 Å². The fourth-order valence-corrected chi connectivity index (χ4v) is 2.60. The maximum absolute atomic E-state index is 11.3. The minimum atomic E-state index is -0.246. The predicted octanol–water partition coefficient (Wildman–Crippen LogP) is 5.08. The van der Waals surface area contributed by atoms with Crippen molar-refractivity contribution in [2.24, 2.45) is 5.92 Å². The van der Waals surface area contributed by atoms with Crippen LogP contribution in [0.25, 0.3) is 0 Å². The van der Waals surface area contributed by atoms with Crippen LogP contribution in [0.5, 0.6) is 0 Å². The van der Waals surface area contributed by atoms with Crippen molar-refractivity contribution in [1.82, 2.24) is 0 Å². The van der Waals surface area contributed by atoms with Crippen LogP contribution < -0.4 is 0 Å². The average Bonchev–Trinajstić information content (AvgIpc) is 2.25. The van der Waals surface area contributed by atoms with E-state index in [0.717, 1.165) is 16.5 Å². The molecule has 0 saturated carbocycles. The lowest BCUT2D eigenvalue weighted by Crippen LogP contribution is -2.13. The molecule has 0 aromatic heterocycles. The summed E-state index contributed by atoms with van der Waals surface area (Å²) < 4.78 is 1.06. The van der Waals surface area contributed by atoms with Crippen LogP contribution in [0.1, 0.15) is 45.2 Å². The Morgan fingerprint density at radius 3 is 2.39 bits per heavy atom. The van der Waals surface area contributed by atoms with E-state index < -0.39 is 0 Å². The van der Waals surface area contributed by atoms with E-state index in [9.17, 15) is 4.79 Å². The van der Waals surface area contributed by atoms with Gasteiger partial charge < -0.3 is 0 Å². The molecular formula is C15H20BrClO. The summed E-state index contributed by atoms with van der Waals surface area (Å²) in [4.78, 5) is 11.3. The summed E-state index contributed by atoms with van der Waals surface area (Å²) in [5, 5.41) is -0.246. The molecule has 1 rings (SSSR count). The molecule has 1 aromatic carbocycles. The van der Waals surface area contributed by atoms with Gasteiger partial charge in [0.25, 0.3) is 0 Å². The Bertz CT molecular complexity index is 435. The standard InChI is InChI=1S/C15H20BrClO/c1-5-10(14(17)18)8-11-6-7-12(9-13(11)16)15(2,3)4/h6-7,9-10H,5,8H2,1-4H3. The second-order valence-corrected chi connectivity index (χ2v) is 6.90.